The topological polar surface area (TPSA) is 4.93 Å². The molecular weight excluding hydrogens is 230 g/mol. The van der Waals surface area contributed by atoms with Gasteiger partial charge in [0.25, 0.3) is 0 Å². The number of fused-ring (bicyclic) bond motifs is 1. The molecule has 0 unspecified atom stereocenters. The second kappa shape index (κ2) is 6.11. The number of aryl methyl sites for hydroxylation is 1. The van der Waals surface area contributed by atoms with Crippen molar-refractivity contribution < 1.29 is 0 Å². The van der Waals surface area contributed by atoms with Crippen LogP contribution < -0.4 is 0 Å². The fourth-order valence-electron chi connectivity index (χ4n) is 2.25. The molecule has 2 heteroatoms. The fourth-order valence-corrected chi connectivity index (χ4v) is 2.43. The third kappa shape index (κ3) is 3.26. The molecule has 0 aliphatic heterocycles. The zero-order valence-corrected chi connectivity index (χ0v) is 11.2. The molecule has 0 fully saturated rings. The smallest absolute Gasteiger partial charge is 0.0481 e. The van der Waals surface area contributed by atoms with E-state index >= 15 is 0 Å². The number of hydrogen-bond acceptors (Lipinski definition) is 0. The second-order valence-electron chi connectivity index (χ2n) is 4.63. The Balaban J connectivity index is 1.95. The highest BCUT2D eigenvalue weighted by Gasteiger charge is 2.01. The zero-order valence-electron chi connectivity index (χ0n) is 10.5. The van der Waals surface area contributed by atoms with Gasteiger partial charge in [0.05, 0.1) is 0 Å². The predicted octanol–water partition coefficient (Wildman–Crippen LogP) is 5.27. The molecule has 2 aromatic rings. The maximum atomic E-state index is 5.98. The van der Waals surface area contributed by atoms with E-state index in [0.717, 1.165) is 11.6 Å². The average Bonchev–Trinajstić information content (AvgIpc) is 2.71. The lowest BCUT2D eigenvalue weighted by Crippen LogP contribution is -1.95. The Hall–Kier alpha value is -0.950. The number of unbranched alkanes of at least 4 members (excludes halogenated alkanes) is 4. The summed E-state index contributed by atoms with van der Waals surface area (Å²) in [4.78, 5) is 0. The van der Waals surface area contributed by atoms with E-state index in [4.69, 9.17) is 11.6 Å². The molecule has 0 radical (unpaired) electrons. The molecule has 1 aromatic carbocycles. The van der Waals surface area contributed by atoms with E-state index in [1.807, 2.05) is 12.1 Å². The quantitative estimate of drug-likeness (QED) is 0.615. The molecule has 1 nitrogen and oxygen atoms in total. The number of aromatic nitrogens is 1. The molecule has 1 aromatic heterocycles. The van der Waals surface area contributed by atoms with Crippen LogP contribution in [0, 0.1) is 0 Å². The van der Waals surface area contributed by atoms with Crippen molar-refractivity contribution in [1.29, 1.82) is 0 Å². The normalized spacial score (nSPS) is 11.2. The first-order chi connectivity index (χ1) is 8.31. The van der Waals surface area contributed by atoms with Crippen LogP contribution >= 0.6 is 11.6 Å². The Kier molecular flexibility index (Phi) is 4.49. The van der Waals surface area contributed by atoms with E-state index in [1.54, 1.807) is 0 Å². The highest BCUT2D eigenvalue weighted by atomic mass is 35.5. The maximum Gasteiger partial charge on any atom is 0.0481 e. The van der Waals surface area contributed by atoms with E-state index in [2.05, 4.69) is 29.8 Å². The van der Waals surface area contributed by atoms with E-state index in [-0.39, 0.29) is 0 Å². The first-order valence-electron chi connectivity index (χ1n) is 6.55. The third-order valence-corrected chi connectivity index (χ3v) is 3.47. The molecule has 0 spiro atoms. The van der Waals surface area contributed by atoms with Crippen LogP contribution in [-0.4, -0.2) is 4.57 Å². The number of halogens is 1. The van der Waals surface area contributed by atoms with E-state index in [9.17, 15) is 0 Å². The molecule has 0 aliphatic rings. The highest BCUT2D eigenvalue weighted by molar-refractivity contribution is 6.31. The summed E-state index contributed by atoms with van der Waals surface area (Å²) in [6.07, 6.45) is 8.81. The molecule has 17 heavy (non-hydrogen) atoms. The Morgan fingerprint density at radius 3 is 2.71 bits per heavy atom. The van der Waals surface area contributed by atoms with Crippen LogP contribution in [0.3, 0.4) is 0 Å². The SMILES string of the molecule is CCCCCCCn1ccc2cc(Cl)ccc21. The Morgan fingerprint density at radius 2 is 1.88 bits per heavy atom. The molecule has 92 valence electrons. The molecule has 0 saturated carbocycles. The van der Waals surface area contributed by atoms with Gasteiger partial charge in [0, 0.05) is 28.7 Å². The van der Waals surface area contributed by atoms with E-state index < -0.39 is 0 Å². The number of hydrogen-bond donors (Lipinski definition) is 0. The lowest BCUT2D eigenvalue weighted by molar-refractivity contribution is 0.577. The largest absolute Gasteiger partial charge is 0.347 e. The Morgan fingerprint density at radius 1 is 1.06 bits per heavy atom. The number of nitrogens with zero attached hydrogens (tertiary/aromatic N) is 1. The van der Waals surface area contributed by atoms with Crippen molar-refractivity contribution in [2.75, 3.05) is 0 Å². The third-order valence-electron chi connectivity index (χ3n) is 3.24. The van der Waals surface area contributed by atoms with Crippen molar-refractivity contribution >= 4 is 22.5 Å². The monoisotopic (exact) mass is 249 g/mol. The van der Waals surface area contributed by atoms with Crippen molar-refractivity contribution in [2.45, 2.75) is 45.6 Å². The first-order valence-corrected chi connectivity index (χ1v) is 6.93. The molecule has 0 amide bonds. The summed E-state index contributed by atoms with van der Waals surface area (Å²) in [5, 5.41) is 2.06. The standard InChI is InChI=1S/C15H20ClN/c1-2-3-4-5-6-10-17-11-9-13-12-14(16)7-8-15(13)17/h7-9,11-12H,2-6,10H2,1H3. The Bertz CT molecular complexity index is 473. The van der Waals surface area contributed by atoms with Gasteiger partial charge < -0.3 is 4.57 Å². The van der Waals surface area contributed by atoms with Crippen LogP contribution in [0.15, 0.2) is 30.5 Å². The number of benzene rings is 1. The molecular formula is C15H20ClN. The van der Waals surface area contributed by atoms with Crippen LogP contribution in [0.25, 0.3) is 10.9 Å². The molecule has 0 N–H and O–H groups in total. The summed E-state index contributed by atoms with van der Waals surface area (Å²) in [7, 11) is 0. The van der Waals surface area contributed by atoms with Crippen LogP contribution in [0.5, 0.6) is 0 Å². The van der Waals surface area contributed by atoms with Gasteiger partial charge in [-0.25, -0.2) is 0 Å². The summed E-state index contributed by atoms with van der Waals surface area (Å²) in [5.74, 6) is 0. The molecule has 0 aliphatic carbocycles. The van der Waals surface area contributed by atoms with Gasteiger partial charge in [0.2, 0.25) is 0 Å². The van der Waals surface area contributed by atoms with Gasteiger partial charge in [-0.3, -0.25) is 0 Å². The van der Waals surface area contributed by atoms with Gasteiger partial charge in [-0.2, -0.15) is 0 Å². The fraction of sp³-hybridized carbons (Fsp3) is 0.467. The van der Waals surface area contributed by atoms with Gasteiger partial charge in [-0.1, -0.05) is 44.2 Å². The summed E-state index contributed by atoms with van der Waals surface area (Å²) >= 11 is 5.98. The average molecular weight is 250 g/mol. The lowest BCUT2D eigenvalue weighted by Gasteiger charge is -2.05. The molecule has 1 heterocycles. The van der Waals surface area contributed by atoms with Crippen molar-refractivity contribution in [1.82, 2.24) is 4.57 Å². The zero-order chi connectivity index (χ0) is 12.1. The van der Waals surface area contributed by atoms with Gasteiger partial charge in [-0.05, 0) is 30.7 Å². The summed E-state index contributed by atoms with van der Waals surface area (Å²) in [6, 6.07) is 8.26. The molecule has 2 rings (SSSR count). The lowest BCUT2D eigenvalue weighted by atomic mass is 10.1. The second-order valence-corrected chi connectivity index (χ2v) is 5.06. The van der Waals surface area contributed by atoms with Crippen LogP contribution in [0.4, 0.5) is 0 Å². The summed E-state index contributed by atoms with van der Waals surface area (Å²) in [6.45, 7) is 3.37. The summed E-state index contributed by atoms with van der Waals surface area (Å²) < 4.78 is 2.33. The maximum absolute atomic E-state index is 5.98. The van der Waals surface area contributed by atoms with Gasteiger partial charge in [0.1, 0.15) is 0 Å². The van der Waals surface area contributed by atoms with Crippen molar-refractivity contribution in [3.05, 3.63) is 35.5 Å². The van der Waals surface area contributed by atoms with Crippen molar-refractivity contribution in [3.8, 4) is 0 Å². The molecule has 0 saturated heterocycles. The highest BCUT2D eigenvalue weighted by Crippen LogP contribution is 2.21. The van der Waals surface area contributed by atoms with Crippen molar-refractivity contribution in [2.24, 2.45) is 0 Å². The van der Waals surface area contributed by atoms with E-state index in [1.165, 1.54) is 43.0 Å². The predicted molar refractivity (Wildman–Crippen MR) is 75.7 cm³/mol. The van der Waals surface area contributed by atoms with Gasteiger partial charge in [0.15, 0.2) is 0 Å². The van der Waals surface area contributed by atoms with Crippen LogP contribution in [0.1, 0.15) is 39.0 Å². The van der Waals surface area contributed by atoms with Gasteiger partial charge >= 0.3 is 0 Å². The van der Waals surface area contributed by atoms with E-state index in [0.29, 0.717) is 0 Å². The van der Waals surface area contributed by atoms with Crippen molar-refractivity contribution in [3.63, 3.8) is 0 Å². The minimum atomic E-state index is 0.818. The minimum absolute atomic E-state index is 0.818. The Labute approximate surface area is 108 Å². The molecule has 0 bridgehead atoms. The summed E-state index contributed by atoms with van der Waals surface area (Å²) in [5.41, 5.74) is 1.30. The first kappa shape index (κ1) is 12.5. The molecule has 0 atom stereocenters. The van der Waals surface area contributed by atoms with Gasteiger partial charge in [-0.15, -0.1) is 0 Å². The van der Waals surface area contributed by atoms with Crippen LogP contribution in [-0.2, 0) is 6.54 Å². The minimum Gasteiger partial charge on any atom is -0.347 e. The van der Waals surface area contributed by atoms with Crippen LogP contribution in [0.2, 0.25) is 5.02 Å². The number of rotatable bonds is 6.